The van der Waals surface area contributed by atoms with Gasteiger partial charge in [-0.2, -0.15) is 0 Å². The molecule has 0 unspecified atom stereocenters. The highest BCUT2D eigenvalue weighted by molar-refractivity contribution is 6.39. The maximum Gasteiger partial charge on any atom is 0.269 e. The number of rotatable bonds is 7. The van der Waals surface area contributed by atoms with E-state index in [9.17, 15) is 9.59 Å². The number of carbonyl (C=O) groups excluding carboxylic acids is 2. The average molecular weight is 445 g/mol. The van der Waals surface area contributed by atoms with Gasteiger partial charge in [0.05, 0.1) is 15.7 Å². The fourth-order valence-electron chi connectivity index (χ4n) is 2.58. The smallest absolute Gasteiger partial charge is 0.269 e. The van der Waals surface area contributed by atoms with E-state index < -0.39 is 0 Å². The summed E-state index contributed by atoms with van der Waals surface area (Å²) in [6.45, 7) is 0. The van der Waals surface area contributed by atoms with E-state index in [1.54, 1.807) is 24.3 Å². The summed E-state index contributed by atoms with van der Waals surface area (Å²) < 4.78 is 5.77. The molecule has 3 rings (SSSR count). The monoisotopic (exact) mass is 444 g/mol. The minimum Gasteiger partial charge on any atom is -0.457 e. The minimum absolute atomic E-state index is 0.205. The standard InChI is InChI=1S/C21H18Cl2N4O3/c1-24-21(29)18-10-15(8-9-26-18)30-14-5-2-13(3-6-14)4-7-19(28)27-20-16(22)11-25-12-17(20)23/h2-3,5-6,8-12H,4,7H2,1H3,(H,24,29)(H,25,27,28). The van der Waals surface area contributed by atoms with Crippen molar-refractivity contribution in [2.24, 2.45) is 0 Å². The molecule has 3 aromatic rings. The van der Waals surface area contributed by atoms with Gasteiger partial charge in [-0.15, -0.1) is 0 Å². The molecule has 30 heavy (non-hydrogen) atoms. The Morgan fingerprint density at radius 3 is 2.40 bits per heavy atom. The van der Waals surface area contributed by atoms with Gasteiger partial charge in [0.1, 0.15) is 17.2 Å². The molecule has 0 aliphatic rings. The molecule has 0 atom stereocenters. The van der Waals surface area contributed by atoms with Crippen LogP contribution < -0.4 is 15.4 Å². The highest BCUT2D eigenvalue weighted by Crippen LogP contribution is 2.29. The van der Waals surface area contributed by atoms with Crippen molar-refractivity contribution in [2.45, 2.75) is 12.8 Å². The molecule has 2 heterocycles. The number of carbonyl (C=O) groups is 2. The van der Waals surface area contributed by atoms with Crippen LogP contribution >= 0.6 is 23.2 Å². The lowest BCUT2D eigenvalue weighted by atomic mass is 10.1. The van der Waals surface area contributed by atoms with Crippen LogP contribution in [-0.4, -0.2) is 28.8 Å². The van der Waals surface area contributed by atoms with E-state index in [4.69, 9.17) is 27.9 Å². The van der Waals surface area contributed by atoms with E-state index in [1.807, 2.05) is 12.1 Å². The number of amides is 2. The molecule has 0 aliphatic heterocycles. The van der Waals surface area contributed by atoms with Crippen LogP contribution in [0, 0.1) is 0 Å². The van der Waals surface area contributed by atoms with E-state index in [0.29, 0.717) is 23.6 Å². The third kappa shape index (κ3) is 5.68. The van der Waals surface area contributed by atoms with Crippen molar-refractivity contribution in [1.82, 2.24) is 15.3 Å². The van der Waals surface area contributed by atoms with Gasteiger partial charge in [-0.25, -0.2) is 0 Å². The predicted molar refractivity (Wildman–Crippen MR) is 115 cm³/mol. The number of aromatic nitrogens is 2. The molecule has 154 valence electrons. The average Bonchev–Trinajstić information content (AvgIpc) is 2.75. The van der Waals surface area contributed by atoms with Crippen LogP contribution in [0.2, 0.25) is 10.0 Å². The Morgan fingerprint density at radius 2 is 1.73 bits per heavy atom. The van der Waals surface area contributed by atoms with Crippen LogP contribution in [0.15, 0.2) is 55.0 Å². The van der Waals surface area contributed by atoms with Crippen LogP contribution in [0.5, 0.6) is 11.5 Å². The van der Waals surface area contributed by atoms with Gasteiger partial charge >= 0.3 is 0 Å². The fraction of sp³-hybridized carbons (Fsp3) is 0.143. The minimum atomic E-state index is -0.289. The second-order valence-corrected chi connectivity index (χ2v) is 7.04. The number of halogens is 2. The molecule has 0 saturated carbocycles. The van der Waals surface area contributed by atoms with Crippen LogP contribution in [0.1, 0.15) is 22.5 Å². The van der Waals surface area contributed by atoms with Crippen molar-refractivity contribution in [1.29, 1.82) is 0 Å². The summed E-state index contributed by atoms with van der Waals surface area (Å²) in [5.74, 6) is 0.613. The first-order valence-corrected chi connectivity index (χ1v) is 9.75. The Bertz CT molecular complexity index is 1040. The zero-order valence-electron chi connectivity index (χ0n) is 16.0. The van der Waals surface area contributed by atoms with Crippen LogP contribution in [-0.2, 0) is 11.2 Å². The lowest BCUT2D eigenvalue weighted by molar-refractivity contribution is -0.116. The second-order valence-electron chi connectivity index (χ2n) is 6.23. The topological polar surface area (TPSA) is 93.2 Å². The molecule has 7 nitrogen and oxygen atoms in total. The first-order valence-electron chi connectivity index (χ1n) is 9.00. The summed E-state index contributed by atoms with van der Waals surface area (Å²) >= 11 is 12.0. The van der Waals surface area contributed by atoms with Gasteiger partial charge in [0.15, 0.2) is 0 Å². The fourth-order valence-corrected chi connectivity index (χ4v) is 3.04. The van der Waals surface area contributed by atoms with Crippen molar-refractivity contribution in [3.63, 3.8) is 0 Å². The highest BCUT2D eigenvalue weighted by atomic mass is 35.5. The molecule has 2 N–H and O–H groups in total. The molecular weight excluding hydrogens is 427 g/mol. The Kier molecular flexibility index (Phi) is 7.21. The lowest BCUT2D eigenvalue weighted by Crippen LogP contribution is -2.18. The van der Waals surface area contributed by atoms with Gasteiger partial charge < -0.3 is 15.4 Å². The van der Waals surface area contributed by atoms with E-state index >= 15 is 0 Å². The SMILES string of the molecule is CNC(=O)c1cc(Oc2ccc(CCC(=O)Nc3c(Cl)cncc3Cl)cc2)ccn1. The molecule has 0 spiro atoms. The summed E-state index contributed by atoms with van der Waals surface area (Å²) in [7, 11) is 1.54. The van der Waals surface area contributed by atoms with Crippen molar-refractivity contribution in [2.75, 3.05) is 12.4 Å². The van der Waals surface area contributed by atoms with Crippen LogP contribution in [0.4, 0.5) is 5.69 Å². The van der Waals surface area contributed by atoms with Crippen molar-refractivity contribution >= 4 is 40.7 Å². The first-order chi connectivity index (χ1) is 14.5. The molecule has 0 fully saturated rings. The largest absolute Gasteiger partial charge is 0.457 e. The zero-order chi connectivity index (χ0) is 21.5. The van der Waals surface area contributed by atoms with Crippen LogP contribution in [0.3, 0.4) is 0 Å². The molecule has 2 amide bonds. The number of hydrogen-bond acceptors (Lipinski definition) is 5. The summed E-state index contributed by atoms with van der Waals surface area (Å²) in [6, 6.07) is 10.6. The van der Waals surface area contributed by atoms with Gasteiger partial charge in [0.25, 0.3) is 5.91 Å². The molecule has 2 aromatic heterocycles. The number of aryl methyl sites for hydroxylation is 1. The molecule has 9 heteroatoms. The molecule has 0 radical (unpaired) electrons. The number of anilines is 1. The van der Waals surface area contributed by atoms with E-state index in [0.717, 1.165) is 5.56 Å². The van der Waals surface area contributed by atoms with Gasteiger partial charge in [-0.3, -0.25) is 19.6 Å². The van der Waals surface area contributed by atoms with Crippen molar-refractivity contribution < 1.29 is 14.3 Å². The van der Waals surface area contributed by atoms with Crippen molar-refractivity contribution in [3.8, 4) is 11.5 Å². The summed E-state index contributed by atoms with van der Waals surface area (Å²) in [6.07, 6.45) is 5.14. The molecule has 0 bridgehead atoms. The Labute approximate surface area is 183 Å². The number of nitrogens with zero attached hydrogens (tertiary/aromatic N) is 2. The molecule has 0 aliphatic carbocycles. The summed E-state index contributed by atoms with van der Waals surface area (Å²) in [4.78, 5) is 31.7. The normalized spacial score (nSPS) is 10.4. The van der Waals surface area contributed by atoms with Crippen LogP contribution in [0.25, 0.3) is 0 Å². The maximum absolute atomic E-state index is 12.2. The van der Waals surface area contributed by atoms with Crippen molar-refractivity contribution in [3.05, 3.63) is 76.3 Å². The summed E-state index contributed by atoms with van der Waals surface area (Å²) in [5, 5.41) is 5.79. The Balaban J connectivity index is 1.56. The van der Waals surface area contributed by atoms with E-state index in [-0.39, 0.29) is 34.0 Å². The van der Waals surface area contributed by atoms with Gasteiger partial charge in [-0.05, 0) is 30.2 Å². The molecule has 0 saturated heterocycles. The second kappa shape index (κ2) is 10.0. The number of nitrogens with one attached hydrogen (secondary N) is 2. The van der Waals surface area contributed by atoms with Gasteiger partial charge in [0.2, 0.25) is 5.91 Å². The number of pyridine rings is 2. The Hall–Kier alpha value is -3.16. The molecule has 1 aromatic carbocycles. The predicted octanol–water partition coefficient (Wildman–Crippen LogP) is 4.51. The lowest BCUT2D eigenvalue weighted by Gasteiger charge is -2.09. The maximum atomic E-state index is 12.2. The van der Waals surface area contributed by atoms with E-state index in [2.05, 4.69) is 20.6 Å². The third-order valence-corrected chi connectivity index (χ3v) is 4.68. The Morgan fingerprint density at radius 1 is 1.03 bits per heavy atom. The molecular formula is C21H18Cl2N4O3. The highest BCUT2D eigenvalue weighted by Gasteiger charge is 2.11. The zero-order valence-corrected chi connectivity index (χ0v) is 17.5. The third-order valence-electron chi connectivity index (χ3n) is 4.11. The van der Waals surface area contributed by atoms with Gasteiger partial charge in [0, 0.05) is 38.1 Å². The van der Waals surface area contributed by atoms with E-state index in [1.165, 1.54) is 25.6 Å². The van der Waals surface area contributed by atoms with Gasteiger partial charge in [-0.1, -0.05) is 35.3 Å². The quantitative estimate of drug-likeness (QED) is 0.559. The summed E-state index contributed by atoms with van der Waals surface area (Å²) in [5.41, 5.74) is 1.59. The number of hydrogen-bond donors (Lipinski definition) is 2. The first kappa shape index (κ1) is 21.5. The number of benzene rings is 1. The number of ether oxygens (including phenoxy) is 1.